The number of benzene rings is 2. The Morgan fingerprint density at radius 1 is 1.05 bits per heavy atom. The molecule has 0 amide bonds. The molecule has 0 atom stereocenters. The molecule has 0 radical (unpaired) electrons. The third kappa shape index (κ3) is 4.24. The SMILES string of the molecule is CCc1cccc(NS(=O)(=O)/C=C/c2ccccc2)c1. The lowest BCUT2D eigenvalue weighted by Gasteiger charge is -2.05. The van der Waals surface area contributed by atoms with Crippen LogP contribution in [0.15, 0.2) is 60.0 Å². The first-order valence-electron chi connectivity index (χ1n) is 6.44. The highest BCUT2D eigenvalue weighted by Gasteiger charge is 2.05. The summed E-state index contributed by atoms with van der Waals surface area (Å²) in [5, 5.41) is 1.18. The van der Waals surface area contributed by atoms with Crippen LogP contribution < -0.4 is 4.72 Å². The molecular weight excluding hydrogens is 270 g/mol. The molecular formula is C16H17NO2S. The molecule has 20 heavy (non-hydrogen) atoms. The standard InChI is InChI=1S/C16H17NO2S/c1-2-14-9-6-10-16(13-14)17-20(18,19)12-11-15-7-4-3-5-8-15/h3-13,17H,2H2,1H3/b12-11+. The van der Waals surface area contributed by atoms with Crippen LogP contribution in [0.3, 0.4) is 0 Å². The summed E-state index contributed by atoms with van der Waals surface area (Å²) >= 11 is 0. The van der Waals surface area contributed by atoms with Crippen LogP contribution in [0.25, 0.3) is 6.08 Å². The van der Waals surface area contributed by atoms with Crippen LogP contribution in [0.4, 0.5) is 5.69 Å². The predicted octanol–water partition coefficient (Wildman–Crippen LogP) is 3.66. The van der Waals surface area contributed by atoms with Crippen molar-refractivity contribution in [2.24, 2.45) is 0 Å². The fourth-order valence-electron chi connectivity index (χ4n) is 1.79. The third-order valence-electron chi connectivity index (χ3n) is 2.83. The Hall–Kier alpha value is -2.07. The fourth-order valence-corrected chi connectivity index (χ4v) is 2.65. The predicted molar refractivity (Wildman–Crippen MR) is 83.8 cm³/mol. The maximum absolute atomic E-state index is 12.0. The number of anilines is 1. The molecule has 104 valence electrons. The van der Waals surface area contributed by atoms with E-state index in [1.54, 1.807) is 12.1 Å². The number of sulfonamides is 1. The van der Waals surface area contributed by atoms with E-state index in [4.69, 9.17) is 0 Å². The highest BCUT2D eigenvalue weighted by molar-refractivity contribution is 7.95. The van der Waals surface area contributed by atoms with Crippen molar-refractivity contribution >= 4 is 21.8 Å². The summed E-state index contributed by atoms with van der Waals surface area (Å²) in [7, 11) is -3.49. The van der Waals surface area contributed by atoms with Gasteiger partial charge in [0.05, 0.1) is 5.41 Å². The molecule has 4 heteroatoms. The van der Waals surface area contributed by atoms with E-state index >= 15 is 0 Å². The minimum atomic E-state index is -3.49. The van der Waals surface area contributed by atoms with E-state index in [-0.39, 0.29) is 0 Å². The molecule has 0 bridgehead atoms. The Labute approximate surface area is 120 Å². The first kappa shape index (κ1) is 14.3. The van der Waals surface area contributed by atoms with Crippen molar-refractivity contribution < 1.29 is 8.42 Å². The zero-order valence-electron chi connectivity index (χ0n) is 11.3. The molecule has 0 spiro atoms. The van der Waals surface area contributed by atoms with Gasteiger partial charge in [-0.2, -0.15) is 0 Å². The highest BCUT2D eigenvalue weighted by Crippen LogP contribution is 2.14. The van der Waals surface area contributed by atoms with Gasteiger partial charge in [0.2, 0.25) is 0 Å². The van der Waals surface area contributed by atoms with Gasteiger partial charge in [-0.25, -0.2) is 8.42 Å². The van der Waals surface area contributed by atoms with Gasteiger partial charge in [0.15, 0.2) is 0 Å². The van der Waals surface area contributed by atoms with E-state index in [1.807, 2.05) is 55.5 Å². The molecule has 0 aliphatic rings. The number of hydrogen-bond donors (Lipinski definition) is 1. The topological polar surface area (TPSA) is 46.2 Å². The van der Waals surface area contributed by atoms with Crippen molar-refractivity contribution in [3.63, 3.8) is 0 Å². The van der Waals surface area contributed by atoms with Crippen LogP contribution in [0.2, 0.25) is 0 Å². The van der Waals surface area contributed by atoms with Crippen LogP contribution in [0, 0.1) is 0 Å². The van der Waals surface area contributed by atoms with E-state index in [0.29, 0.717) is 5.69 Å². The second kappa shape index (κ2) is 6.39. The monoisotopic (exact) mass is 287 g/mol. The van der Waals surface area contributed by atoms with E-state index in [1.165, 1.54) is 5.41 Å². The zero-order valence-corrected chi connectivity index (χ0v) is 12.1. The van der Waals surface area contributed by atoms with Crippen LogP contribution >= 0.6 is 0 Å². The van der Waals surface area contributed by atoms with Crippen molar-refractivity contribution in [2.75, 3.05) is 4.72 Å². The van der Waals surface area contributed by atoms with Crippen molar-refractivity contribution in [1.82, 2.24) is 0 Å². The lowest BCUT2D eigenvalue weighted by atomic mass is 10.1. The Bertz CT molecular complexity index is 691. The van der Waals surface area contributed by atoms with Gasteiger partial charge in [-0.1, -0.05) is 49.4 Å². The molecule has 0 aliphatic heterocycles. The van der Waals surface area contributed by atoms with Crippen molar-refractivity contribution in [1.29, 1.82) is 0 Å². The summed E-state index contributed by atoms with van der Waals surface area (Å²) in [5.41, 5.74) is 2.53. The Morgan fingerprint density at radius 2 is 1.80 bits per heavy atom. The van der Waals surface area contributed by atoms with Gasteiger partial charge in [0.1, 0.15) is 0 Å². The smallest absolute Gasteiger partial charge is 0.255 e. The van der Waals surface area contributed by atoms with Gasteiger partial charge in [0.25, 0.3) is 10.0 Å². The van der Waals surface area contributed by atoms with E-state index in [9.17, 15) is 8.42 Å². The maximum Gasteiger partial charge on any atom is 0.255 e. The van der Waals surface area contributed by atoms with E-state index < -0.39 is 10.0 Å². The highest BCUT2D eigenvalue weighted by atomic mass is 32.2. The Kier molecular flexibility index (Phi) is 4.58. The number of rotatable bonds is 5. The molecule has 3 nitrogen and oxygen atoms in total. The van der Waals surface area contributed by atoms with Gasteiger partial charge >= 0.3 is 0 Å². The molecule has 2 aromatic carbocycles. The molecule has 0 unspecified atom stereocenters. The molecule has 2 aromatic rings. The summed E-state index contributed by atoms with van der Waals surface area (Å²) in [6.45, 7) is 2.03. The second-order valence-electron chi connectivity index (χ2n) is 4.41. The summed E-state index contributed by atoms with van der Waals surface area (Å²) in [6.07, 6.45) is 2.45. The minimum Gasteiger partial charge on any atom is -0.280 e. The first-order valence-corrected chi connectivity index (χ1v) is 7.98. The van der Waals surface area contributed by atoms with Crippen molar-refractivity contribution in [3.8, 4) is 0 Å². The molecule has 0 heterocycles. The largest absolute Gasteiger partial charge is 0.280 e. The van der Waals surface area contributed by atoms with Crippen LogP contribution in [-0.4, -0.2) is 8.42 Å². The molecule has 0 saturated heterocycles. The van der Waals surface area contributed by atoms with Gasteiger partial charge in [-0.15, -0.1) is 0 Å². The zero-order chi connectivity index (χ0) is 14.4. The van der Waals surface area contributed by atoms with Crippen LogP contribution in [0.5, 0.6) is 0 Å². The summed E-state index contributed by atoms with van der Waals surface area (Å²) < 4.78 is 26.5. The second-order valence-corrected chi connectivity index (χ2v) is 5.98. The average molecular weight is 287 g/mol. The van der Waals surface area contributed by atoms with Gasteiger partial charge in [-0.3, -0.25) is 4.72 Å². The summed E-state index contributed by atoms with van der Waals surface area (Å²) in [5.74, 6) is 0. The summed E-state index contributed by atoms with van der Waals surface area (Å²) in [6, 6.07) is 16.7. The average Bonchev–Trinajstić information content (AvgIpc) is 2.46. The molecule has 2 rings (SSSR count). The maximum atomic E-state index is 12.0. The normalized spacial score (nSPS) is 11.7. The third-order valence-corrected chi connectivity index (χ3v) is 3.85. The molecule has 0 saturated carbocycles. The lowest BCUT2D eigenvalue weighted by Crippen LogP contribution is -2.08. The van der Waals surface area contributed by atoms with Crippen molar-refractivity contribution in [2.45, 2.75) is 13.3 Å². The summed E-state index contributed by atoms with van der Waals surface area (Å²) in [4.78, 5) is 0. The lowest BCUT2D eigenvalue weighted by molar-refractivity contribution is 0.609. The fraction of sp³-hybridized carbons (Fsp3) is 0.125. The molecule has 0 aromatic heterocycles. The number of aryl methyl sites for hydroxylation is 1. The molecule has 0 aliphatic carbocycles. The molecule has 0 fully saturated rings. The van der Waals surface area contributed by atoms with Crippen LogP contribution in [0.1, 0.15) is 18.1 Å². The number of hydrogen-bond acceptors (Lipinski definition) is 2. The Morgan fingerprint density at radius 3 is 2.50 bits per heavy atom. The van der Waals surface area contributed by atoms with Crippen molar-refractivity contribution in [3.05, 3.63) is 71.1 Å². The first-order chi connectivity index (χ1) is 9.59. The van der Waals surface area contributed by atoms with E-state index in [2.05, 4.69) is 4.72 Å². The van der Waals surface area contributed by atoms with Gasteiger partial charge in [0, 0.05) is 5.69 Å². The minimum absolute atomic E-state index is 0.585. The Balaban J connectivity index is 2.13. The van der Waals surface area contributed by atoms with Gasteiger partial charge < -0.3 is 0 Å². The van der Waals surface area contributed by atoms with Crippen LogP contribution in [-0.2, 0) is 16.4 Å². The van der Waals surface area contributed by atoms with Gasteiger partial charge in [-0.05, 0) is 35.8 Å². The van der Waals surface area contributed by atoms with E-state index in [0.717, 1.165) is 17.5 Å². The quantitative estimate of drug-likeness (QED) is 0.912. The molecule has 1 N–H and O–H groups in total. The number of nitrogens with one attached hydrogen (secondary N) is 1.